The summed E-state index contributed by atoms with van der Waals surface area (Å²) in [5.74, 6) is -0.277. The number of aromatic nitrogens is 2. The van der Waals surface area contributed by atoms with E-state index >= 15 is 0 Å². The molecule has 0 aliphatic heterocycles. The predicted octanol–water partition coefficient (Wildman–Crippen LogP) is 3.59. The first kappa shape index (κ1) is 20.9. The van der Waals surface area contributed by atoms with Crippen molar-refractivity contribution >= 4 is 28.4 Å². The van der Waals surface area contributed by atoms with Crippen molar-refractivity contribution in [2.75, 3.05) is 0 Å². The van der Waals surface area contributed by atoms with Crippen LogP contribution in [0.2, 0.25) is 5.02 Å². The number of hydrogen-bond donors (Lipinski definition) is 1. The molecule has 0 spiro atoms. The molecular weight excluding hydrogens is 390 g/mol. The SMILES string of the molecule is CCC(C(=O)NC(C)C)n1c(=O)n(-c2cccc(C)c2)c(=O)c2ccc(Cl)cc21. The second-order valence-corrected chi connectivity index (χ2v) is 7.82. The minimum atomic E-state index is -0.775. The normalized spacial score (nSPS) is 12.3. The fourth-order valence-corrected chi connectivity index (χ4v) is 3.63. The van der Waals surface area contributed by atoms with E-state index in [4.69, 9.17) is 11.6 Å². The Balaban J connectivity index is 2.42. The second kappa shape index (κ2) is 8.25. The van der Waals surface area contributed by atoms with E-state index in [0.29, 0.717) is 28.0 Å². The highest BCUT2D eigenvalue weighted by Gasteiger charge is 2.25. The lowest BCUT2D eigenvalue weighted by molar-refractivity contribution is -0.124. The van der Waals surface area contributed by atoms with Gasteiger partial charge in [0.05, 0.1) is 16.6 Å². The Bertz CT molecular complexity index is 1190. The number of nitrogens with zero attached hydrogens (tertiary/aromatic N) is 2. The van der Waals surface area contributed by atoms with Gasteiger partial charge in [-0.15, -0.1) is 0 Å². The largest absolute Gasteiger partial charge is 0.352 e. The van der Waals surface area contributed by atoms with Gasteiger partial charge in [0.25, 0.3) is 5.56 Å². The van der Waals surface area contributed by atoms with Crippen molar-refractivity contribution in [3.63, 3.8) is 0 Å². The van der Waals surface area contributed by atoms with Crippen LogP contribution in [-0.2, 0) is 4.79 Å². The van der Waals surface area contributed by atoms with E-state index in [-0.39, 0.29) is 11.9 Å². The van der Waals surface area contributed by atoms with Crippen molar-refractivity contribution in [1.82, 2.24) is 14.5 Å². The molecule has 3 rings (SSSR count). The molecule has 0 fully saturated rings. The third kappa shape index (κ3) is 3.98. The first-order chi connectivity index (χ1) is 13.7. The molecule has 3 aromatic rings. The molecule has 0 saturated carbocycles. The molecule has 1 heterocycles. The number of nitrogens with one attached hydrogen (secondary N) is 1. The summed E-state index contributed by atoms with van der Waals surface area (Å²) in [7, 11) is 0. The van der Waals surface area contributed by atoms with Crippen LogP contribution in [0.3, 0.4) is 0 Å². The van der Waals surface area contributed by atoms with E-state index in [2.05, 4.69) is 5.32 Å². The van der Waals surface area contributed by atoms with Crippen LogP contribution in [0.25, 0.3) is 16.6 Å². The number of rotatable bonds is 5. The molecule has 1 N–H and O–H groups in total. The standard InChI is InChI=1S/C22H24ClN3O3/c1-5-18(20(27)24-13(2)3)26-19-12-15(23)9-10-17(19)21(28)25(22(26)29)16-8-6-7-14(4)11-16/h6-13,18H,5H2,1-4H3,(H,24,27). The minimum absolute atomic E-state index is 0.0789. The quantitative estimate of drug-likeness (QED) is 0.694. The van der Waals surface area contributed by atoms with Gasteiger partial charge in [-0.25, -0.2) is 9.36 Å². The summed E-state index contributed by atoms with van der Waals surface area (Å²) in [6.07, 6.45) is 0.381. The van der Waals surface area contributed by atoms with Gasteiger partial charge in [-0.1, -0.05) is 30.7 Å². The molecule has 1 aromatic heterocycles. The fraction of sp³-hybridized carbons (Fsp3) is 0.318. The van der Waals surface area contributed by atoms with E-state index in [1.807, 2.05) is 33.8 Å². The monoisotopic (exact) mass is 413 g/mol. The average Bonchev–Trinajstić information content (AvgIpc) is 2.64. The number of amides is 1. The van der Waals surface area contributed by atoms with Crippen molar-refractivity contribution in [2.24, 2.45) is 0 Å². The molecule has 0 saturated heterocycles. The number of halogens is 1. The van der Waals surface area contributed by atoms with E-state index in [0.717, 1.165) is 10.1 Å². The number of hydrogen-bond acceptors (Lipinski definition) is 3. The third-order valence-electron chi connectivity index (χ3n) is 4.74. The number of fused-ring (bicyclic) bond motifs is 1. The zero-order chi connectivity index (χ0) is 21.3. The molecule has 7 heteroatoms. The van der Waals surface area contributed by atoms with Crippen molar-refractivity contribution in [3.8, 4) is 5.69 Å². The minimum Gasteiger partial charge on any atom is -0.352 e. The summed E-state index contributed by atoms with van der Waals surface area (Å²) in [6, 6.07) is 11.1. The van der Waals surface area contributed by atoms with Crippen LogP contribution in [-0.4, -0.2) is 21.1 Å². The molecule has 1 amide bonds. The smallest absolute Gasteiger partial charge is 0.336 e. The Hall–Kier alpha value is -2.86. The Kier molecular flexibility index (Phi) is 5.94. The molecule has 1 unspecified atom stereocenters. The lowest BCUT2D eigenvalue weighted by atomic mass is 10.1. The predicted molar refractivity (Wildman–Crippen MR) is 116 cm³/mol. The van der Waals surface area contributed by atoms with Crippen molar-refractivity contribution in [3.05, 3.63) is 73.9 Å². The second-order valence-electron chi connectivity index (χ2n) is 7.38. The van der Waals surface area contributed by atoms with Crippen LogP contribution < -0.4 is 16.6 Å². The molecule has 0 bridgehead atoms. The summed E-state index contributed by atoms with van der Waals surface area (Å²) >= 11 is 6.16. The molecule has 29 heavy (non-hydrogen) atoms. The molecular formula is C22H24ClN3O3. The van der Waals surface area contributed by atoms with Crippen LogP contribution in [0, 0.1) is 6.92 Å². The van der Waals surface area contributed by atoms with Crippen molar-refractivity contribution in [2.45, 2.75) is 46.2 Å². The highest BCUT2D eigenvalue weighted by atomic mass is 35.5. The zero-order valence-corrected chi connectivity index (χ0v) is 17.7. The van der Waals surface area contributed by atoms with Crippen LogP contribution in [0.4, 0.5) is 0 Å². The number of benzene rings is 2. The fourth-order valence-electron chi connectivity index (χ4n) is 3.46. The van der Waals surface area contributed by atoms with Crippen LogP contribution in [0.1, 0.15) is 38.8 Å². The molecule has 0 radical (unpaired) electrons. The summed E-state index contributed by atoms with van der Waals surface area (Å²) in [5.41, 5.74) is 0.719. The molecule has 0 aliphatic carbocycles. The molecule has 1 atom stereocenters. The topological polar surface area (TPSA) is 73.1 Å². The lowest BCUT2D eigenvalue weighted by Crippen LogP contribution is -2.45. The molecule has 2 aromatic carbocycles. The maximum atomic E-state index is 13.5. The van der Waals surface area contributed by atoms with E-state index in [1.165, 1.54) is 4.57 Å². The first-order valence-corrected chi connectivity index (χ1v) is 9.96. The van der Waals surface area contributed by atoms with Gasteiger partial charge in [-0.05, 0) is 63.1 Å². The van der Waals surface area contributed by atoms with Gasteiger partial charge in [0.2, 0.25) is 5.91 Å². The Labute approximate surface area is 173 Å². The Morgan fingerprint density at radius 1 is 1.14 bits per heavy atom. The molecule has 6 nitrogen and oxygen atoms in total. The Morgan fingerprint density at radius 2 is 1.86 bits per heavy atom. The third-order valence-corrected chi connectivity index (χ3v) is 4.98. The van der Waals surface area contributed by atoms with Crippen LogP contribution in [0.5, 0.6) is 0 Å². The number of aryl methyl sites for hydroxylation is 1. The summed E-state index contributed by atoms with van der Waals surface area (Å²) in [5, 5.41) is 3.57. The maximum Gasteiger partial charge on any atom is 0.336 e. The van der Waals surface area contributed by atoms with Gasteiger partial charge in [0.15, 0.2) is 0 Å². The van der Waals surface area contributed by atoms with Gasteiger partial charge in [0.1, 0.15) is 6.04 Å². The first-order valence-electron chi connectivity index (χ1n) is 9.58. The van der Waals surface area contributed by atoms with Crippen molar-refractivity contribution in [1.29, 1.82) is 0 Å². The summed E-state index contributed by atoms with van der Waals surface area (Å²) < 4.78 is 2.50. The van der Waals surface area contributed by atoms with Crippen LogP contribution >= 0.6 is 11.6 Å². The highest BCUT2D eigenvalue weighted by molar-refractivity contribution is 6.31. The Morgan fingerprint density at radius 3 is 2.48 bits per heavy atom. The average molecular weight is 414 g/mol. The molecule has 0 aliphatic rings. The van der Waals surface area contributed by atoms with E-state index < -0.39 is 17.3 Å². The summed E-state index contributed by atoms with van der Waals surface area (Å²) in [4.78, 5) is 39.6. The van der Waals surface area contributed by atoms with Gasteiger partial charge >= 0.3 is 5.69 Å². The zero-order valence-electron chi connectivity index (χ0n) is 16.9. The van der Waals surface area contributed by atoms with Gasteiger partial charge < -0.3 is 5.32 Å². The highest BCUT2D eigenvalue weighted by Crippen LogP contribution is 2.21. The van der Waals surface area contributed by atoms with E-state index in [9.17, 15) is 14.4 Å². The van der Waals surface area contributed by atoms with Crippen molar-refractivity contribution < 1.29 is 4.79 Å². The summed E-state index contributed by atoms with van der Waals surface area (Å²) in [6.45, 7) is 7.43. The lowest BCUT2D eigenvalue weighted by Gasteiger charge is -2.22. The van der Waals surface area contributed by atoms with Crippen LogP contribution in [0.15, 0.2) is 52.1 Å². The molecule has 152 valence electrons. The number of carbonyl (C=O) groups is 1. The number of carbonyl (C=O) groups excluding carboxylic acids is 1. The van der Waals surface area contributed by atoms with Gasteiger partial charge in [0, 0.05) is 11.1 Å². The maximum absolute atomic E-state index is 13.5. The van der Waals surface area contributed by atoms with Gasteiger partial charge in [-0.2, -0.15) is 0 Å². The van der Waals surface area contributed by atoms with E-state index in [1.54, 1.807) is 36.4 Å². The van der Waals surface area contributed by atoms with Gasteiger partial charge in [-0.3, -0.25) is 14.2 Å².